The van der Waals surface area contributed by atoms with Gasteiger partial charge in [-0.25, -0.2) is 13.1 Å². The smallest absolute Gasteiger partial charge is 0.242 e. The van der Waals surface area contributed by atoms with Gasteiger partial charge in [0.25, 0.3) is 0 Å². The fourth-order valence-electron chi connectivity index (χ4n) is 2.22. The van der Waals surface area contributed by atoms with Crippen molar-refractivity contribution in [3.63, 3.8) is 0 Å². The maximum atomic E-state index is 12.4. The second-order valence-corrected chi connectivity index (χ2v) is 8.44. The molecule has 0 saturated carbocycles. The SMILES string of the molecule is Cc1cc(S(=O)(=O)NCC(O)c2ccc(N(C)C)cc2)c(Cl)cc1Cl. The van der Waals surface area contributed by atoms with E-state index in [0.717, 1.165) is 5.69 Å². The Morgan fingerprint density at radius 2 is 1.72 bits per heavy atom. The molecule has 5 nitrogen and oxygen atoms in total. The first kappa shape index (κ1) is 20.0. The van der Waals surface area contributed by atoms with Gasteiger partial charge >= 0.3 is 0 Å². The van der Waals surface area contributed by atoms with Crippen LogP contribution in [0.5, 0.6) is 0 Å². The van der Waals surface area contributed by atoms with Crippen molar-refractivity contribution in [3.05, 3.63) is 57.6 Å². The fourth-order valence-corrected chi connectivity index (χ4v) is 4.08. The van der Waals surface area contributed by atoms with Crippen LogP contribution in [0.1, 0.15) is 17.2 Å². The second kappa shape index (κ2) is 7.93. The third kappa shape index (κ3) is 4.86. The molecule has 136 valence electrons. The predicted octanol–water partition coefficient (Wildman–Crippen LogP) is 3.38. The number of benzene rings is 2. The molecule has 0 aliphatic heterocycles. The summed E-state index contributed by atoms with van der Waals surface area (Å²) in [6.45, 7) is 1.53. The maximum absolute atomic E-state index is 12.4. The Hall–Kier alpha value is -1.31. The highest BCUT2D eigenvalue weighted by Crippen LogP contribution is 2.28. The van der Waals surface area contributed by atoms with E-state index in [1.165, 1.54) is 12.1 Å². The lowest BCUT2D eigenvalue weighted by Gasteiger charge is -2.16. The van der Waals surface area contributed by atoms with E-state index < -0.39 is 16.1 Å². The van der Waals surface area contributed by atoms with Gasteiger partial charge in [0.05, 0.1) is 11.1 Å². The van der Waals surface area contributed by atoms with E-state index in [4.69, 9.17) is 23.2 Å². The van der Waals surface area contributed by atoms with Gasteiger partial charge < -0.3 is 10.0 Å². The van der Waals surface area contributed by atoms with Crippen molar-refractivity contribution in [3.8, 4) is 0 Å². The number of aliphatic hydroxyl groups excluding tert-OH is 1. The Balaban J connectivity index is 2.12. The zero-order valence-corrected chi connectivity index (χ0v) is 16.5. The predicted molar refractivity (Wildman–Crippen MR) is 102 cm³/mol. The van der Waals surface area contributed by atoms with E-state index >= 15 is 0 Å². The minimum atomic E-state index is -3.86. The van der Waals surface area contributed by atoms with Crippen molar-refractivity contribution < 1.29 is 13.5 Å². The molecule has 8 heteroatoms. The molecule has 0 radical (unpaired) electrons. The highest BCUT2D eigenvalue weighted by molar-refractivity contribution is 7.89. The summed E-state index contributed by atoms with van der Waals surface area (Å²) in [5.41, 5.74) is 2.21. The Morgan fingerprint density at radius 3 is 2.28 bits per heavy atom. The second-order valence-electron chi connectivity index (χ2n) is 5.89. The van der Waals surface area contributed by atoms with Crippen molar-refractivity contribution in [2.75, 3.05) is 25.5 Å². The number of aliphatic hydroxyl groups is 1. The molecule has 25 heavy (non-hydrogen) atoms. The van der Waals surface area contributed by atoms with Crippen LogP contribution < -0.4 is 9.62 Å². The molecule has 0 fully saturated rings. The molecule has 0 aliphatic rings. The Labute approximate surface area is 158 Å². The standard InChI is InChI=1S/C17H20Cl2N2O3S/c1-11-8-17(15(19)9-14(11)18)25(23,24)20-10-16(22)12-4-6-13(7-5-12)21(2)3/h4-9,16,20,22H,10H2,1-3H3. The Bertz CT molecular complexity index is 853. The molecule has 1 unspecified atom stereocenters. The molecular formula is C17H20Cl2N2O3S. The van der Waals surface area contributed by atoms with Gasteiger partial charge in [-0.15, -0.1) is 0 Å². The van der Waals surface area contributed by atoms with Crippen LogP contribution in [0.4, 0.5) is 5.69 Å². The van der Waals surface area contributed by atoms with Gasteiger partial charge in [-0.2, -0.15) is 0 Å². The van der Waals surface area contributed by atoms with Crippen molar-refractivity contribution in [2.24, 2.45) is 0 Å². The minimum Gasteiger partial charge on any atom is -0.387 e. The molecular weight excluding hydrogens is 383 g/mol. The summed E-state index contributed by atoms with van der Waals surface area (Å²) in [5, 5.41) is 10.7. The molecule has 2 aromatic rings. The molecule has 0 heterocycles. The van der Waals surface area contributed by atoms with Crippen molar-refractivity contribution in [1.29, 1.82) is 0 Å². The molecule has 0 aliphatic carbocycles. The first-order valence-electron chi connectivity index (χ1n) is 7.52. The van der Waals surface area contributed by atoms with Crippen LogP contribution in [0.25, 0.3) is 0 Å². The van der Waals surface area contributed by atoms with Crippen LogP contribution in [0.2, 0.25) is 10.0 Å². The van der Waals surface area contributed by atoms with E-state index in [2.05, 4.69) is 4.72 Å². The van der Waals surface area contributed by atoms with Crippen LogP contribution in [0, 0.1) is 6.92 Å². The average Bonchev–Trinajstić information content (AvgIpc) is 2.56. The largest absolute Gasteiger partial charge is 0.387 e. The highest BCUT2D eigenvalue weighted by Gasteiger charge is 2.21. The topological polar surface area (TPSA) is 69.6 Å². The quantitative estimate of drug-likeness (QED) is 0.776. The van der Waals surface area contributed by atoms with Crippen LogP contribution >= 0.6 is 23.2 Å². The van der Waals surface area contributed by atoms with Crippen molar-refractivity contribution in [2.45, 2.75) is 17.9 Å². The summed E-state index contributed by atoms with van der Waals surface area (Å²) < 4.78 is 27.3. The van der Waals surface area contributed by atoms with E-state index in [1.54, 1.807) is 19.1 Å². The number of sulfonamides is 1. The summed E-state index contributed by atoms with van der Waals surface area (Å²) in [6, 6.07) is 10.0. The lowest BCUT2D eigenvalue weighted by atomic mass is 10.1. The zero-order chi connectivity index (χ0) is 18.8. The van der Waals surface area contributed by atoms with Gasteiger partial charge in [0.2, 0.25) is 10.0 Å². The third-order valence-electron chi connectivity index (χ3n) is 3.76. The first-order valence-corrected chi connectivity index (χ1v) is 9.76. The maximum Gasteiger partial charge on any atom is 0.242 e. The molecule has 0 aromatic heterocycles. The minimum absolute atomic E-state index is 0.0351. The molecule has 2 aromatic carbocycles. The van der Waals surface area contributed by atoms with Gasteiger partial charge in [0, 0.05) is 31.4 Å². The van der Waals surface area contributed by atoms with E-state index in [0.29, 0.717) is 16.1 Å². The van der Waals surface area contributed by atoms with E-state index in [1.807, 2.05) is 31.1 Å². The third-order valence-corrected chi connectivity index (χ3v) is 6.06. The summed E-state index contributed by atoms with van der Waals surface area (Å²) in [5.74, 6) is 0. The molecule has 0 bridgehead atoms. The van der Waals surface area contributed by atoms with Gasteiger partial charge in [-0.3, -0.25) is 0 Å². The molecule has 2 rings (SSSR count). The number of halogens is 2. The van der Waals surface area contributed by atoms with Gasteiger partial charge in [0.15, 0.2) is 0 Å². The molecule has 2 N–H and O–H groups in total. The number of aryl methyl sites for hydroxylation is 1. The van der Waals surface area contributed by atoms with Gasteiger partial charge in [0.1, 0.15) is 4.90 Å². The van der Waals surface area contributed by atoms with Crippen LogP contribution in [0.3, 0.4) is 0 Å². The number of hydrogen-bond donors (Lipinski definition) is 2. The van der Waals surface area contributed by atoms with Gasteiger partial charge in [-0.1, -0.05) is 35.3 Å². The lowest BCUT2D eigenvalue weighted by Crippen LogP contribution is -2.29. The van der Waals surface area contributed by atoms with E-state index in [-0.39, 0.29) is 16.5 Å². The number of rotatable bonds is 6. The Morgan fingerprint density at radius 1 is 1.12 bits per heavy atom. The zero-order valence-electron chi connectivity index (χ0n) is 14.1. The van der Waals surface area contributed by atoms with Crippen molar-refractivity contribution >= 4 is 38.9 Å². The number of nitrogens with one attached hydrogen (secondary N) is 1. The average molecular weight is 403 g/mol. The normalized spacial score (nSPS) is 12.9. The summed E-state index contributed by atoms with van der Waals surface area (Å²) in [6.07, 6.45) is -0.974. The number of hydrogen-bond acceptors (Lipinski definition) is 4. The highest BCUT2D eigenvalue weighted by atomic mass is 35.5. The van der Waals surface area contributed by atoms with Crippen LogP contribution in [0.15, 0.2) is 41.3 Å². The molecule has 1 atom stereocenters. The first-order chi connectivity index (χ1) is 11.6. The lowest BCUT2D eigenvalue weighted by molar-refractivity contribution is 0.182. The molecule has 0 spiro atoms. The summed E-state index contributed by atoms with van der Waals surface area (Å²) in [4.78, 5) is 1.87. The summed E-state index contributed by atoms with van der Waals surface area (Å²) in [7, 11) is -0.0355. The number of anilines is 1. The van der Waals surface area contributed by atoms with Crippen molar-refractivity contribution in [1.82, 2.24) is 4.72 Å². The van der Waals surface area contributed by atoms with Gasteiger partial charge in [-0.05, 0) is 42.3 Å². The molecule has 0 amide bonds. The summed E-state index contributed by atoms with van der Waals surface area (Å²) >= 11 is 11.9. The fraction of sp³-hybridized carbons (Fsp3) is 0.294. The Kier molecular flexibility index (Phi) is 6.35. The van der Waals surface area contributed by atoms with Crippen LogP contribution in [-0.2, 0) is 10.0 Å². The van der Waals surface area contributed by atoms with Crippen LogP contribution in [-0.4, -0.2) is 34.2 Å². The monoisotopic (exact) mass is 402 g/mol. The van der Waals surface area contributed by atoms with E-state index in [9.17, 15) is 13.5 Å². The number of nitrogens with zero attached hydrogens (tertiary/aromatic N) is 1. The molecule has 0 saturated heterocycles.